The first-order chi connectivity index (χ1) is 14.5. The summed E-state index contributed by atoms with van der Waals surface area (Å²) in [5, 5.41) is 4.72. The lowest BCUT2D eigenvalue weighted by Crippen LogP contribution is -2.30. The summed E-state index contributed by atoms with van der Waals surface area (Å²) in [5.41, 5.74) is 1.57. The van der Waals surface area contributed by atoms with Crippen molar-refractivity contribution in [1.82, 2.24) is 14.9 Å². The Labute approximate surface area is 184 Å². The molecule has 4 rings (SSSR count). The zero-order chi connectivity index (χ0) is 21.1. The SMILES string of the molecule is C[C@H](NC(=O)CSc1nc2cc(Cl)ccc2c(=O)n1C1CCCC1)c1ccccc1. The van der Waals surface area contributed by atoms with Crippen molar-refractivity contribution < 1.29 is 4.79 Å². The minimum atomic E-state index is -0.0882. The van der Waals surface area contributed by atoms with Gasteiger partial charge in [-0.05, 0) is 43.5 Å². The number of amides is 1. The largest absolute Gasteiger partial charge is 0.349 e. The number of aromatic nitrogens is 2. The van der Waals surface area contributed by atoms with Gasteiger partial charge in [0, 0.05) is 11.1 Å². The average Bonchev–Trinajstić information content (AvgIpc) is 3.27. The summed E-state index contributed by atoms with van der Waals surface area (Å²) >= 11 is 7.42. The van der Waals surface area contributed by atoms with Crippen LogP contribution in [0.2, 0.25) is 5.02 Å². The van der Waals surface area contributed by atoms with Gasteiger partial charge in [0.25, 0.3) is 5.56 Å². The standard InChI is InChI=1S/C23H24ClN3O2S/c1-15(16-7-3-2-4-8-16)25-21(28)14-30-23-26-20-13-17(24)11-12-19(20)22(29)27(23)18-9-5-6-10-18/h2-4,7-8,11-13,15,18H,5-6,9-10,14H2,1H3,(H,25,28)/t15-/m0/s1. The van der Waals surface area contributed by atoms with E-state index in [4.69, 9.17) is 16.6 Å². The van der Waals surface area contributed by atoms with Crippen LogP contribution in [0.15, 0.2) is 58.5 Å². The fourth-order valence-corrected chi connectivity index (χ4v) is 5.02. The van der Waals surface area contributed by atoms with Crippen molar-refractivity contribution in [3.8, 4) is 0 Å². The second-order valence-electron chi connectivity index (χ2n) is 7.66. The molecule has 30 heavy (non-hydrogen) atoms. The second-order valence-corrected chi connectivity index (χ2v) is 9.04. The first-order valence-electron chi connectivity index (χ1n) is 10.2. The highest BCUT2D eigenvalue weighted by Crippen LogP contribution is 2.32. The van der Waals surface area contributed by atoms with E-state index in [0.717, 1.165) is 31.2 Å². The number of fused-ring (bicyclic) bond motifs is 1. The number of nitrogens with zero attached hydrogens (tertiary/aromatic N) is 2. The summed E-state index contributed by atoms with van der Waals surface area (Å²) < 4.78 is 1.79. The van der Waals surface area contributed by atoms with Crippen molar-refractivity contribution in [3.05, 3.63) is 69.5 Å². The Balaban J connectivity index is 1.57. The zero-order valence-electron chi connectivity index (χ0n) is 16.8. The Hall–Kier alpha value is -2.31. The number of carbonyl (C=O) groups excluding carboxylic acids is 1. The highest BCUT2D eigenvalue weighted by atomic mass is 35.5. The van der Waals surface area contributed by atoms with Gasteiger partial charge in [0.2, 0.25) is 5.91 Å². The maximum atomic E-state index is 13.2. The summed E-state index contributed by atoms with van der Waals surface area (Å²) in [4.78, 5) is 30.5. The molecule has 1 aliphatic carbocycles. The van der Waals surface area contributed by atoms with Crippen molar-refractivity contribution in [3.63, 3.8) is 0 Å². The molecule has 1 atom stereocenters. The first kappa shape index (κ1) is 20.9. The monoisotopic (exact) mass is 441 g/mol. The maximum absolute atomic E-state index is 13.2. The smallest absolute Gasteiger partial charge is 0.262 e. The van der Waals surface area contributed by atoms with Crippen LogP contribution < -0.4 is 10.9 Å². The topological polar surface area (TPSA) is 64.0 Å². The quantitative estimate of drug-likeness (QED) is 0.425. The minimum Gasteiger partial charge on any atom is -0.349 e. The summed E-state index contributed by atoms with van der Waals surface area (Å²) in [6.07, 6.45) is 4.14. The number of nitrogens with one attached hydrogen (secondary N) is 1. The molecule has 1 amide bonds. The molecule has 1 aliphatic rings. The van der Waals surface area contributed by atoms with Crippen LogP contribution in [0.4, 0.5) is 0 Å². The van der Waals surface area contributed by atoms with Gasteiger partial charge in [0.05, 0.1) is 22.7 Å². The molecule has 0 radical (unpaired) electrons. The van der Waals surface area contributed by atoms with Gasteiger partial charge < -0.3 is 5.32 Å². The fourth-order valence-electron chi connectivity index (χ4n) is 3.98. The van der Waals surface area contributed by atoms with Crippen molar-refractivity contribution in [2.75, 3.05) is 5.75 Å². The lowest BCUT2D eigenvalue weighted by molar-refractivity contribution is -0.119. The van der Waals surface area contributed by atoms with Gasteiger partial charge in [0.15, 0.2) is 5.16 Å². The second kappa shape index (κ2) is 9.23. The molecular formula is C23H24ClN3O2S. The van der Waals surface area contributed by atoms with Crippen LogP contribution in [0.5, 0.6) is 0 Å². The van der Waals surface area contributed by atoms with Gasteiger partial charge in [-0.2, -0.15) is 0 Å². The number of benzene rings is 2. The van der Waals surface area contributed by atoms with Crippen LogP contribution in [0, 0.1) is 0 Å². The summed E-state index contributed by atoms with van der Waals surface area (Å²) in [6.45, 7) is 1.96. The van der Waals surface area contributed by atoms with Crippen LogP contribution in [0.25, 0.3) is 10.9 Å². The van der Waals surface area contributed by atoms with Crippen molar-refractivity contribution in [2.45, 2.75) is 49.8 Å². The molecule has 7 heteroatoms. The van der Waals surface area contributed by atoms with E-state index in [1.807, 2.05) is 37.3 Å². The van der Waals surface area contributed by atoms with E-state index < -0.39 is 0 Å². The molecule has 0 saturated heterocycles. The molecule has 1 fully saturated rings. The number of hydrogen-bond donors (Lipinski definition) is 1. The molecule has 0 unspecified atom stereocenters. The van der Waals surface area contributed by atoms with E-state index in [1.165, 1.54) is 11.8 Å². The minimum absolute atomic E-state index is 0.0517. The Morgan fingerprint density at radius 2 is 1.97 bits per heavy atom. The molecular weight excluding hydrogens is 418 g/mol. The van der Waals surface area contributed by atoms with Crippen molar-refractivity contribution in [2.24, 2.45) is 0 Å². The summed E-state index contributed by atoms with van der Waals surface area (Å²) in [7, 11) is 0. The molecule has 0 spiro atoms. The zero-order valence-corrected chi connectivity index (χ0v) is 18.4. The van der Waals surface area contributed by atoms with E-state index in [0.29, 0.717) is 21.1 Å². The fraction of sp³-hybridized carbons (Fsp3) is 0.348. The predicted octanol–water partition coefficient (Wildman–Crippen LogP) is 5.13. The van der Waals surface area contributed by atoms with Gasteiger partial charge in [-0.1, -0.05) is 66.5 Å². The summed E-state index contributed by atoms with van der Waals surface area (Å²) in [6, 6.07) is 15.1. The van der Waals surface area contributed by atoms with Crippen LogP contribution in [0.3, 0.4) is 0 Å². The Bertz CT molecular complexity index is 1110. The number of halogens is 1. The molecule has 5 nitrogen and oxygen atoms in total. The molecule has 2 aromatic carbocycles. The highest BCUT2D eigenvalue weighted by molar-refractivity contribution is 7.99. The number of hydrogen-bond acceptors (Lipinski definition) is 4. The van der Waals surface area contributed by atoms with Crippen molar-refractivity contribution >= 4 is 40.2 Å². The molecule has 0 aliphatic heterocycles. The van der Waals surface area contributed by atoms with Gasteiger partial charge in [-0.25, -0.2) is 4.98 Å². The normalized spacial score (nSPS) is 15.4. The van der Waals surface area contributed by atoms with Gasteiger partial charge >= 0.3 is 0 Å². The third kappa shape index (κ3) is 4.55. The van der Waals surface area contributed by atoms with E-state index >= 15 is 0 Å². The van der Waals surface area contributed by atoms with E-state index in [-0.39, 0.29) is 29.3 Å². The lowest BCUT2D eigenvalue weighted by Gasteiger charge is -2.19. The molecule has 1 saturated carbocycles. The highest BCUT2D eigenvalue weighted by Gasteiger charge is 2.23. The molecule has 156 valence electrons. The van der Waals surface area contributed by atoms with Crippen LogP contribution in [0.1, 0.15) is 50.3 Å². The lowest BCUT2D eigenvalue weighted by atomic mass is 10.1. The molecule has 1 heterocycles. The Kier molecular flexibility index (Phi) is 6.44. The maximum Gasteiger partial charge on any atom is 0.262 e. The third-order valence-corrected chi connectivity index (χ3v) is 6.72. The van der Waals surface area contributed by atoms with Gasteiger partial charge in [-0.3, -0.25) is 14.2 Å². The van der Waals surface area contributed by atoms with Crippen molar-refractivity contribution in [1.29, 1.82) is 0 Å². The average molecular weight is 442 g/mol. The van der Waals surface area contributed by atoms with Gasteiger partial charge in [-0.15, -0.1) is 0 Å². The predicted molar refractivity (Wildman–Crippen MR) is 122 cm³/mol. The van der Waals surface area contributed by atoms with E-state index in [2.05, 4.69) is 5.32 Å². The number of thioether (sulfide) groups is 1. The molecule has 0 bridgehead atoms. The molecule has 3 aromatic rings. The summed E-state index contributed by atoms with van der Waals surface area (Å²) in [5.74, 6) is 0.109. The van der Waals surface area contributed by atoms with E-state index in [9.17, 15) is 9.59 Å². The Morgan fingerprint density at radius 1 is 1.23 bits per heavy atom. The van der Waals surface area contributed by atoms with Gasteiger partial charge in [0.1, 0.15) is 0 Å². The first-order valence-corrected chi connectivity index (χ1v) is 11.6. The van der Waals surface area contributed by atoms with Crippen LogP contribution in [-0.2, 0) is 4.79 Å². The van der Waals surface area contributed by atoms with E-state index in [1.54, 1.807) is 22.8 Å². The van der Waals surface area contributed by atoms with Crippen LogP contribution >= 0.6 is 23.4 Å². The Morgan fingerprint density at radius 3 is 2.70 bits per heavy atom. The third-order valence-electron chi connectivity index (χ3n) is 5.53. The van der Waals surface area contributed by atoms with Crippen LogP contribution in [-0.4, -0.2) is 21.2 Å². The number of carbonyl (C=O) groups is 1. The molecule has 1 aromatic heterocycles. The molecule has 1 N–H and O–H groups in total. The number of rotatable bonds is 6.